The van der Waals surface area contributed by atoms with Gasteiger partial charge in [0.25, 0.3) is 7.37 Å². The minimum atomic E-state index is -3.86. The number of benzene rings is 6. The number of hydrogen-bond acceptors (Lipinski definition) is 6. The van der Waals surface area contributed by atoms with Crippen molar-refractivity contribution in [3.8, 4) is 56.4 Å². The molecule has 0 spiro atoms. The van der Waals surface area contributed by atoms with Crippen molar-refractivity contribution in [3.05, 3.63) is 139 Å². The molecule has 2 N–H and O–H groups in total. The van der Waals surface area contributed by atoms with Crippen LogP contribution in [-0.4, -0.2) is 10.2 Å². The maximum Gasteiger partial charge on any atom is 0.311 e. The van der Waals surface area contributed by atoms with E-state index in [0.717, 1.165) is 22.3 Å². The summed E-state index contributed by atoms with van der Waals surface area (Å²) >= 11 is 0. The van der Waals surface area contributed by atoms with Gasteiger partial charge in [0.15, 0.2) is 0 Å². The summed E-state index contributed by atoms with van der Waals surface area (Å²) in [6, 6.07) is 39.7. The normalized spacial score (nSPS) is 19.2. The maximum absolute atomic E-state index is 14.7. The highest BCUT2D eigenvalue weighted by molar-refractivity contribution is 7.75. The summed E-state index contributed by atoms with van der Waals surface area (Å²) < 4.78 is 41.6. The van der Waals surface area contributed by atoms with Crippen molar-refractivity contribution >= 4 is 30.7 Å². The van der Waals surface area contributed by atoms with Crippen molar-refractivity contribution in [2.45, 2.75) is 6.16 Å². The Hall–Kier alpha value is -5.02. The van der Waals surface area contributed by atoms with Crippen LogP contribution in [-0.2, 0) is 15.3 Å². The van der Waals surface area contributed by atoms with Gasteiger partial charge in [0, 0.05) is 22.3 Å². The number of para-hydroxylation sites is 1. The van der Waals surface area contributed by atoms with Crippen LogP contribution in [0.4, 0.5) is 0 Å². The van der Waals surface area contributed by atoms with Gasteiger partial charge in [-0.1, -0.05) is 97.1 Å². The summed E-state index contributed by atoms with van der Waals surface area (Å²) in [5.41, 5.74) is 4.70. The molecule has 220 valence electrons. The van der Waals surface area contributed by atoms with Crippen LogP contribution in [0.25, 0.3) is 33.4 Å². The molecule has 6 aromatic rings. The van der Waals surface area contributed by atoms with Crippen LogP contribution in [0.3, 0.4) is 0 Å². The standard InChI is InChI=1S/C37H26O6P2/c38-30-22-36(45(41)35-20-9-5-14-26(35)25-13-4-7-17-32(25)43-45)31(39)21-29(30)27-16-10-18-33-37(27)28-15-6-8-19-34(28)44(40,42-33)23-24-11-2-1-3-12-24/h1-22,38-39H,23H2. The Labute approximate surface area is 260 Å². The quantitative estimate of drug-likeness (QED) is 0.151. The Bertz CT molecular complexity index is 2240. The Kier molecular flexibility index (Phi) is 6.28. The molecule has 6 aromatic carbocycles. The lowest BCUT2D eigenvalue weighted by molar-refractivity contribution is 0.461. The number of aromatic hydroxyl groups is 2. The van der Waals surface area contributed by atoms with Crippen LogP contribution in [0.15, 0.2) is 133 Å². The van der Waals surface area contributed by atoms with Gasteiger partial charge in [-0.05, 0) is 53.1 Å². The van der Waals surface area contributed by atoms with E-state index >= 15 is 0 Å². The van der Waals surface area contributed by atoms with Gasteiger partial charge in [-0.15, -0.1) is 0 Å². The van der Waals surface area contributed by atoms with Gasteiger partial charge in [-0.25, -0.2) is 0 Å². The van der Waals surface area contributed by atoms with Crippen LogP contribution < -0.4 is 25.0 Å². The monoisotopic (exact) mass is 628 g/mol. The first kappa shape index (κ1) is 27.5. The van der Waals surface area contributed by atoms with Gasteiger partial charge >= 0.3 is 7.37 Å². The van der Waals surface area contributed by atoms with Gasteiger partial charge < -0.3 is 19.3 Å². The predicted octanol–water partition coefficient (Wildman–Crippen LogP) is 8.22. The SMILES string of the molecule is O=P1(Cc2ccccc2)Oc2cccc(-c3cc(O)c(P4(=O)Oc5ccccc5-c5ccccc54)cc3O)c2-c2ccccc21. The van der Waals surface area contributed by atoms with E-state index in [0.29, 0.717) is 38.8 Å². The van der Waals surface area contributed by atoms with Crippen LogP contribution in [0.1, 0.15) is 5.56 Å². The molecule has 0 fully saturated rings. The highest BCUT2D eigenvalue weighted by Gasteiger charge is 2.41. The van der Waals surface area contributed by atoms with E-state index in [-0.39, 0.29) is 23.0 Å². The Morgan fingerprint density at radius 2 is 1.11 bits per heavy atom. The van der Waals surface area contributed by atoms with Crippen LogP contribution >= 0.6 is 14.7 Å². The van der Waals surface area contributed by atoms with Crippen LogP contribution in [0.2, 0.25) is 0 Å². The molecule has 2 aliphatic rings. The van der Waals surface area contributed by atoms with Crippen LogP contribution in [0.5, 0.6) is 23.0 Å². The average molecular weight is 629 g/mol. The minimum Gasteiger partial charge on any atom is -0.507 e. The molecule has 0 saturated carbocycles. The lowest BCUT2D eigenvalue weighted by atomic mass is 9.93. The number of rotatable bonds is 4. The molecule has 2 heterocycles. The third-order valence-electron chi connectivity index (χ3n) is 8.37. The van der Waals surface area contributed by atoms with Gasteiger partial charge in [0.1, 0.15) is 23.0 Å². The smallest absolute Gasteiger partial charge is 0.311 e. The van der Waals surface area contributed by atoms with Crippen molar-refractivity contribution in [3.63, 3.8) is 0 Å². The first-order valence-corrected chi connectivity index (χ1v) is 17.9. The van der Waals surface area contributed by atoms with E-state index in [1.807, 2.05) is 84.9 Å². The molecule has 8 rings (SSSR count). The summed E-state index contributed by atoms with van der Waals surface area (Å²) in [5, 5.41) is 24.0. The van der Waals surface area contributed by atoms with Gasteiger partial charge in [-0.3, -0.25) is 9.13 Å². The fraction of sp³-hybridized carbons (Fsp3) is 0.0270. The molecule has 0 aromatic heterocycles. The maximum atomic E-state index is 14.7. The van der Waals surface area contributed by atoms with Crippen molar-refractivity contribution < 1.29 is 28.4 Å². The third kappa shape index (κ3) is 4.33. The summed E-state index contributed by atoms with van der Waals surface area (Å²) in [6.45, 7) is 0. The van der Waals surface area contributed by atoms with E-state index in [1.54, 1.807) is 36.4 Å². The molecule has 2 unspecified atom stereocenters. The fourth-order valence-electron chi connectivity index (χ4n) is 6.35. The first-order chi connectivity index (χ1) is 21.9. The third-order valence-corrected chi connectivity index (χ3v) is 13.2. The second kappa shape index (κ2) is 10.3. The van der Waals surface area contributed by atoms with E-state index in [4.69, 9.17) is 9.05 Å². The second-order valence-corrected chi connectivity index (χ2v) is 15.7. The second-order valence-electron chi connectivity index (χ2n) is 11.1. The van der Waals surface area contributed by atoms with Gasteiger partial charge in [0.2, 0.25) is 0 Å². The molecule has 8 heteroatoms. The molecule has 0 amide bonds. The fourth-order valence-corrected chi connectivity index (χ4v) is 11.1. The topological polar surface area (TPSA) is 93.1 Å². The Balaban J connectivity index is 1.26. The van der Waals surface area contributed by atoms with Crippen molar-refractivity contribution in [2.24, 2.45) is 0 Å². The van der Waals surface area contributed by atoms with Gasteiger partial charge in [0.05, 0.1) is 22.1 Å². The molecule has 6 nitrogen and oxygen atoms in total. The first-order valence-electron chi connectivity index (χ1n) is 14.5. The van der Waals surface area contributed by atoms with Crippen molar-refractivity contribution in [1.82, 2.24) is 0 Å². The Morgan fingerprint density at radius 3 is 1.91 bits per heavy atom. The largest absolute Gasteiger partial charge is 0.507 e. The molecule has 2 atom stereocenters. The number of phenolic OH excluding ortho intramolecular Hbond substituents is 2. The zero-order valence-corrected chi connectivity index (χ0v) is 25.6. The zero-order chi connectivity index (χ0) is 30.8. The highest BCUT2D eigenvalue weighted by Crippen LogP contribution is 2.60. The van der Waals surface area contributed by atoms with E-state index in [2.05, 4.69) is 0 Å². The van der Waals surface area contributed by atoms with E-state index in [9.17, 15) is 19.3 Å². The molecule has 0 bridgehead atoms. The molecule has 45 heavy (non-hydrogen) atoms. The number of hydrogen-bond donors (Lipinski definition) is 2. The number of phenols is 2. The molecule has 0 radical (unpaired) electrons. The number of fused-ring (bicyclic) bond motifs is 6. The highest BCUT2D eigenvalue weighted by atomic mass is 31.2. The summed E-state index contributed by atoms with van der Waals surface area (Å²) in [7, 11) is -7.21. The van der Waals surface area contributed by atoms with E-state index < -0.39 is 14.7 Å². The molecule has 0 saturated heterocycles. The zero-order valence-electron chi connectivity index (χ0n) is 23.8. The van der Waals surface area contributed by atoms with E-state index in [1.165, 1.54) is 12.1 Å². The lowest BCUT2D eigenvalue weighted by Crippen LogP contribution is -2.25. The average Bonchev–Trinajstić information content (AvgIpc) is 3.06. The van der Waals surface area contributed by atoms with Crippen LogP contribution in [0, 0.1) is 0 Å². The van der Waals surface area contributed by atoms with Crippen molar-refractivity contribution in [2.75, 3.05) is 0 Å². The predicted molar refractivity (Wildman–Crippen MR) is 178 cm³/mol. The van der Waals surface area contributed by atoms with Gasteiger partial charge in [-0.2, -0.15) is 0 Å². The molecule has 0 aliphatic carbocycles. The lowest BCUT2D eigenvalue weighted by Gasteiger charge is -2.31. The molecule has 2 aliphatic heterocycles. The summed E-state index contributed by atoms with van der Waals surface area (Å²) in [5.74, 6) is 0.385. The minimum absolute atomic E-state index is 0.000450. The van der Waals surface area contributed by atoms with Crippen molar-refractivity contribution in [1.29, 1.82) is 0 Å². The summed E-state index contributed by atoms with van der Waals surface area (Å²) in [4.78, 5) is 0. The summed E-state index contributed by atoms with van der Waals surface area (Å²) in [6.07, 6.45) is 0.231. The Morgan fingerprint density at radius 1 is 0.489 bits per heavy atom. The molecular weight excluding hydrogens is 602 g/mol. The molecular formula is C37H26O6P2.